The number of halogens is 3. The number of aromatic nitrogens is 2. The second-order valence-corrected chi connectivity index (χ2v) is 5.72. The molecule has 114 valence electrons. The van der Waals surface area contributed by atoms with Gasteiger partial charge in [0.1, 0.15) is 5.82 Å². The van der Waals surface area contributed by atoms with Gasteiger partial charge in [0.2, 0.25) is 0 Å². The van der Waals surface area contributed by atoms with E-state index in [1.54, 1.807) is 17.9 Å². The van der Waals surface area contributed by atoms with Crippen LogP contribution in [0, 0.1) is 5.82 Å². The van der Waals surface area contributed by atoms with Gasteiger partial charge in [-0.05, 0) is 23.8 Å². The third kappa shape index (κ3) is 3.81. The van der Waals surface area contributed by atoms with Crippen molar-refractivity contribution in [2.45, 2.75) is 12.6 Å². The molecule has 2 rings (SSSR count). The van der Waals surface area contributed by atoms with E-state index in [2.05, 4.69) is 26.5 Å². The van der Waals surface area contributed by atoms with Crippen LogP contribution in [0.5, 0.6) is 0 Å². The maximum absolute atomic E-state index is 13.6. The normalized spacial score (nSPS) is 12.6. The van der Waals surface area contributed by atoms with Crippen LogP contribution in [0.25, 0.3) is 0 Å². The Bertz CT molecular complexity index is 602. The van der Waals surface area contributed by atoms with Gasteiger partial charge < -0.3 is 4.74 Å². The van der Waals surface area contributed by atoms with Crippen LogP contribution in [0.2, 0.25) is 5.02 Å². The number of ether oxygens (including phenoxy) is 1. The molecule has 0 aliphatic heterocycles. The molecule has 0 saturated heterocycles. The van der Waals surface area contributed by atoms with Crippen LogP contribution < -0.4 is 11.3 Å². The van der Waals surface area contributed by atoms with E-state index in [9.17, 15) is 4.39 Å². The number of hydrazine groups is 1. The molecule has 0 saturated carbocycles. The van der Waals surface area contributed by atoms with Crippen molar-refractivity contribution in [3.8, 4) is 0 Å². The van der Waals surface area contributed by atoms with E-state index in [0.717, 1.165) is 0 Å². The number of nitrogens with two attached hydrogens (primary N) is 1. The van der Waals surface area contributed by atoms with Gasteiger partial charge in [-0.1, -0.05) is 27.5 Å². The topological polar surface area (TPSA) is 65.1 Å². The standard InChI is InChI=1S/C13H15BrClFN4O/c1-21-3-2-20-13(11(15)7-18-20)12(19-17)8-4-9(14)6-10(16)5-8/h4-7,12,19H,2-3,17H2,1H3. The van der Waals surface area contributed by atoms with Crippen molar-refractivity contribution >= 4 is 27.5 Å². The van der Waals surface area contributed by atoms with Crippen LogP contribution in [0.15, 0.2) is 28.9 Å². The summed E-state index contributed by atoms with van der Waals surface area (Å²) in [5.41, 5.74) is 3.96. The van der Waals surface area contributed by atoms with Crippen molar-refractivity contribution in [3.63, 3.8) is 0 Å². The van der Waals surface area contributed by atoms with E-state index in [0.29, 0.717) is 33.9 Å². The molecule has 0 bridgehead atoms. The molecule has 1 atom stereocenters. The molecule has 3 N–H and O–H groups in total. The molecule has 0 aliphatic rings. The maximum Gasteiger partial charge on any atom is 0.124 e. The maximum atomic E-state index is 13.6. The molecule has 0 radical (unpaired) electrons. The molecule has 2 aromatic rings. The lowest BCUT2D eigenvalue weighted by molar-refractivity contribution is 0.182. The number of hydrogen-bond donors (Lipinski definition) is 2. The Hall–Kier alpha value is -0.990. The molecule has 1 aromatic heterocycles. The van der Waals surface area contributed by atoms with E-state index in [4.69, 9.17) is 22.2 Å². The second-order valence-electron chi connectivity index (χ2n) is 4.40. The minimum atomic E-state index is -0.483. The van der Waals surface area contributed by atoms with Crippen LogP contribution in [0.1, 0.15) is 17.3 Å². The summed E-state index contributed by atoms with van der Waals surface area (Å²) < 4.78 is 21.0. The Kier molecular flexibility index (Phi) is 5.72. The number of methoxy groups -OCH3 is 1. The molecule has 0 amide bonds. The summed E-state index contributed by atoms with van der Waals surface area (Å²) in [6.07, 6.45) is 1.53. The Labute approximate surface area is 135 Å². The molecule has 1 heterocycles. The fraction of sp³-hybridized carbons (Fsp3) is 0.308. The van der Waals surface area contributed by atoms with Gasteiger partial charge >= 0.3 is 0 Å². The molecule has 0 fully saturated rings. The fourth-order valence-corrected chi connectivity index (χ4v) is 2.82. The van der Waals surface area contributed by atoms with Crippen LogP contribution in [0.4, 0.5) is 4.39 Å². The van der Waals surface area contributed by atoms with Crippen LogP contribution in [-0.4, -0.2) is 23.5 Å². The Morgan fingerprint density at radius 2 is 2.29 bits per heavy atom. The molecule has 1 aromatic carbocycles. The second kappa shape index (κ2) is 7.33. The van der Waals surface area contributed by atoms with Gasteiger partial charge in [-0.25, -0.2) is 9.82 Å². The summed E-state index contributed by atoms with van der Waals surface area (Å²) in [5.74, 6) is 5.28. The Morgan fingerprint density at radius 3 is 2.90 bits per heavy atom. The lowest BCUT2D eigenvalue weighted by Gasteiger charge is -2.19. The zero-order valence-corrected chi connectivity index (χ0v) is 13.7. The smallest absolute Gasteiger partial charge is 0.124 e. The number of nitrogens with one attached hydrogen (secondary N) is 1. The van der Waals surface area contributed by atoms with Gasteiger partial charge in [-0.3, -0.25) is 10.5 Å². The highest BCUT2D eigenvalue weighted by Crippen LogP contribution is 2.29. The highest BCUT2D eigenvalue weighted by atomic mass is 79.9. The lowest BCUT2D eigenvalue weighted by Crippen LogP contribution is -2.31. The fourth-order valence-electron chi connectivity index (χ4n) is 2.09. The molecular weight excluding hydrogens is 363 g/mol. The lowest BCUT2D eigenvalue weighted by atomic mass is 10.0. The summed E-state index contributed by atoms with van der Waals surface area (Å²) in [7, 11) is 1.60. The summed E-state index contributed by atoms with van der Waals surface area (Å²) in [6.45, 7) is 1.00. The molecular formula is C13H15BrClFN4O. The van der Waals surface area contributed by atoms with Crippen LogP contribution >= 0.6 is 27.5 Å². The van der Waals surface area contributed by atoms with Gasteiger partial charge in [0.25, 0.3) is 0 Å². The van der Waals surface area contributed by atoms with Crippen molar-refractivity contribution in [2.75, 3.05) is 13.7 Å². The first kappa shape index (κ1) is 16.4. The SMILES string of the molecule is COCCn1ncc(Cl)c1C(NN)c1cc(F)cc(Br)c1. The molecule has 21 heavy (non-hydrogen) atoms. The first-order chi connectivity index (χ1) is 10.1. The van der Waals surface area contributed by atoms with E-state index >= 15 is 0 Å². The van der Waals surface area contributed by atoms with Crippen molar-refractivity contribution < 1.29 is 9.13 Å². The first-order valence-electron chi connectivity index (χ1n) is 6.19. The molecule has 8 heteroatoms. The van der Waals surface area contributed by atoms with Crippen molar-refractivity contribution in [1.29, 1.82) is 0 Å². The van der Waals surface area contributed by atoms with Crippen molar-refractivity contribution in [1.82, 2.24) is 15.2 Å². The van der Waals surface area contributed by atoms with Gasteiger partial charge in [0.05, 0.1) is 36.1 Å². The van der Waals surface area contributed by atoms with Crippen LogP contribution in [-0.2, 0) is 11.3 Å². The van der Waals surface area contributed by atoms with Crippen molar-refractivity contribution in [2.24, 2.45) is 5.84 Å². The average molecular weight is 378 g/mol. The quantitative estimate of drug-likeness (QED) is 0.600. The van der Waals surface area contributed by atoms with E-state index in [1.165, 1.54) is 18.3 Å². The Balaban J connectivity index is 2.43. The zero-order chi connectivity index (χ0) is 15.4. The largest absolute Gasteiger partial charge is 0.383 e. The summed E-state index contributed by atoms with van der Waals surface area (Å²) in [4.78, 5) is 0. The highest BCUT2D eigenvalue weighted by Gasteiger charge is 2.22. The number of hydrogen-bond acceptors (Lipinski definition) is 4. The van der Waals surface area contributed by atoms with E-state index in [1.807, 2.05) is 0 Å². The van der Waals surface area contributed by atoms with E-state index < -0.39 is 6.04 Å². The summed E-state index contributed by atoms with van der Waals surface area (Å²) in [5, 5.41) is 4.65. The summed E-state index contributed by atoms with van der Waals surface area (Å²) >= 11 is 9.47. The summed E-state index contributed by atoms with van der Waals surface area (Å²) in [6, 6.07) is 4.07. The van der Waals surface area contributed by atoms with Gasteiger partial charge in [-0.15, -0.1) is 0 Å². The minimum absolute atomic E-state index is 0.362. The number of nitrogens with zero attached hydrogens (tertiary/aromatic N) is 2. The third-order valence-electron chi connectivity index (χ3n) is 3.00. The Morgan fingerprint density at radius 1 is 1.52 bits per heavy atom. The van der Waals surface area contributed by atoms with Gasteiger partial charge in [-0.2, -0.15) is 5.10 Å². The van der Waals surface area contributed by atoms with E-state index in [-0.39, 0.29) is 5.82 Å². The third-order valence-corrected chi connectivity index (χ3v) is 3.75. The van der Waals surface area contributed by atoms with Crippen LogP contribution in [0.3, 0.4) is 0 Å². The molecule has 0 spiro atoms. The van der Waals surface area contributed by atoms with Crippen molar-refractivity contribution in [3.05, 3.63) is 51.0 Å². The molecule has 1 unspecified atom stereocenters. The first-order valence-corrected chi connectivity index (χ1v) is 7.36. The zero-order valence-electron chi connectivity index (χ0n) is 11.3. The number of benzene rings is 1. The predicted octanol–water partition coefficient (Wildman–Crippen LogP) is 2.64. The average Bonchev–Trinajstić information content (AvgIpc) is 2.78. The molecule has 0 aliphatic carbocycles. The highest BCUT2D eigenvalue weighted by molar-refractivity contribution is 9.10. The minimum Gasteiger partial charge on any atom is -0.383 e. The predicted molar refractivity (Wildman–Crippen MR) is 82.4 cm³/mol. The molecule has 5 nitrogen and oxygen atoms in total. The monoisotopic (exact) mass is 376 g/mol. The number of rotatable bonds is 6. The van der Waals surface area contributed by atoms with Gasteiger partial charge in [0.15, 0.2) is 0 Å². The van der Waals surface area contributed by atoms with Gasteiger partial charge in [0, 0.05) is 11.6 Å².